The van der Waals surface area contributed by atoms with E-state index in [1.165, 1.54) is 11.4 Å². The number of hydrogen-bond donors (Lipinski definition) is 0. The summed E-state index contributed by atoms with van der Waals surface area (Å²) in [4.78, 5) is 14.4. The molecule has 2 rings (SSSR count). The zero-order valence-corrected chi connectivity index (χ0v) is 14.5. The Hall–Kier alpha value is -1.60. The van der Waals surface area contributed by atoms with E-state index in [-0.39, 0.29) is 11.7 Å². The maximum Gasteiger partial charge on any atom is 0.257 e. The topological polar surface area (TPSA) is 66.9 Å². The maximum absolute atomic E-state index is 12.7. The molecule has 0 atom stereocenters. The molecule has 0 aliphatic carbocycles. The van der Waals surface area contributed by atoms with Gasteiger partial charge in [0, 0.05) is 26.2 Å². The third-order valence-corrected chi connectivity index (χ3v) is 6.01. The molecule has 1 amide bonds. The van der Waals surface area contributed by atoms with E-state index in [9.17, 15) is 13.2 Å². The molecule has 0 N–H and O–H groups in total. The Kier molecular flexibility index (Phi) is 6.01. The van der Waals surface area contributed by atoms with Crippen molar-refractivity contribution in [1.82, 2.24) is 9.21 Å². The first-order valence-corrected chi connectivity index (χ1v) is 9.50. The molecule has 1 heterocycles. The summed E-state index contributed by atoms with van der Waals surface area (Å²) in [5.74, 6) is 0.586. The van der Waals surface area contributed by atoms with E-state index in [2.05, 4.69) is 0 Å². The zero-order chi connectivity index (χ0) is 16.9. The quantitative estimate of drug-likeness (QED) is 0.816. The normalized spacial score (nSPS) is 16.9. The second-order valence-electron chi connectivity index (χ2n) is 5.56. The lowest BCUT2D eigenvalue weighted by Crippen LogP contribution is -2.38. The Morgan fingerprint density at radius 2 is 1.91 bits per heavy atom. The summed E-state index contributed by atoms with van der Waals surface area (Å²) in [5.41, 5.74) is 0.514. The molecule has 1 saturated heterocycles. The van der Waals surface area contributed by atoms with Crippen LogP contribution in [0.3, 0.4) is 0 Å². The first-order valence-electron chi connectivity index (χ1n) is 7.89. The van der Waals surface area contributed by atoms with Crippen LogP contribution in [0.25, 0.3) is 0 Å². The van der Waals surface area contributed by atoms with Crippen molar-refractivity contribution in [3.05, 3.63) is 29.8 Å². The molecule has 0 aromatic heterocycles. The first kappa shape index (κ1) is 17.7. The van der Waals surface area contributed by atoms with Gasteiger partial charge in [0.05, 0.1) is 18.4 Å². The predicted molar refractivity (Wildman–Crippen MR) is 89.2 cm³/mol. The summed E-state index contributed by atoms with van der Waals surface area (Å²) in [5, 5.41) is 0. The number of amides is 1. The van der Waals surface area contributed by atoms with Gasteiger partial charge in [-0.05, 0) is 25.0 Å². The molecule has 23 heavy (non-hydrogen) atoms. The fourth-order valence-corrected chi connectivity index (χ4v) is 4.29. The van der Waals surface area contributed by atoms with Crippen LogP contribution in [0.5, 0.6) is 5.75 Å². The van der Waals surface area contributed by atoms with Gasteiger partial charge in [-0.15, -0.1) is 0 Å². The average Bonchev–Trinajstić information content (AvgIpc) is 2.80. The van der Waals surface area contributed by atoms with Gasteiger partial charge in [-0.1, -0.05) is 19.1 Å². The highest BCUT2D eigenvalue weighted by Crippen LogP contribution is 2.20. The van der Waals surface area contributed by atoms with Gasteiger partial charge in [0.25, 0.3) is 5.91 Å². The number of carbonyl (C=O) groups excluding carboxylic acids is 1. The van der Waals surface area contributed by atoms with E-state index in [0.29, 0.717) is 50.3 Å². The fourth-order valence-electron chi connectivity index (χ4n) is 2.75. The molecule has 1 aliphatic heterocycles. The first-order chi connectivity index (χ1) is 11.0. The average molecular weight is 340 g/mol. The van der Waals surface area contributed by atoms with Gasteiger partial charge < -0.3 is 9.64 Å². The van der Waals surface area contributed by atoms with Crippen LogP contribution >= 0.6 is 0 Å². The van der Waals surface area contributed by atoms with Gasteiger partial charge in [0.1, 0.15) is 5.75 Å². The number of methoxy groups -OCH3 is 1. The smallest absolute Gasteiger partial charge is 0.257 e. The van der Waals surface area contributed by atoms with Crippen LogP contribution in [0, 0.1) is 0 Å². The second kappa shape index (κ2) is 7.79. The molecule has 7 heteroatoms. The number of sulfonamides is 1. The van der Waals surface area contributed by atoms with E-state index in [0.717, 1.165) is 0 Å². The summed E-state index contributed by atoms with van der Waals surface area (Å²) in [6.07, 6.45) is 1.24. The minimum absolute atomic E-state index is 0.114. The van der Waals surface area contributed by atoms with Gasteiger partial charge in [-0.3, -0.25) is 4.79 Å². The van der Waals surface area contributed by atoms with Gasteiger partial charge in [-0.25, -0.2) is 12.7 Å². The standard InChI is InChI=1S/C16H24N2O4S/c1-3-13-23(20,21)18-10-6-9-17(11-12-18)16(19)14-7-4-5-8-15(14)22-2/h4-5,7-8H,3,6,9-13H2,1-2H3. The van der Waals surface area contributed by atoms with E-state index in [1.54, 1.807) is 23.1 Å². The molecule has 0 spiro atoms. The number of para-hydroxylation sites is 1. The van der Waals surface area contributed by atoms with Crippen molar-refractivity contribution in [3.8, 4) is 5.75 Å². The van der Waals surface area contributed by atoms with Crippen molar-refractivity contribution in [2.45, 2.75) is 19.8 Å². The molecule has 1 fully saturated rings. The monoisotopic (exact) mass is 340 g/mol. The minimum Gasteiger partial charge on any atom is -0.496 e. The van der Waals surface area contributed by atoms with Gasteiger partial charge in [-0.2, -0.15) is 0 Å². The molecule has 6 nitrogen and oxygen atoms in total. The number of hydrogen-bond acceptors (Lipinski definition) is 4. The lowest BCUT2D eigenvalue weighted by atomic mass is 10.1. The Morgan fingerprint density at radius 3 is 2.61 bits per heavy atom. The highest BCUT2D eigenvalue weighted by atomic mass is 32.2. The Morgan fingerprint density at radius 1 is 1.17 bits per heavy atom. The van der Waals surface area contributed by atoms with Gasteiger partial charge in [0.15, 0.2) is 0 Å². The number of nitrogens with zero attached hydrogens (tertiary/aromatic N) is 2. The molecular formula is C16H24N2O4S. The Bertz CT molecular complexity index is 645. The Balaban J connectivity index is 2.10. The van der Waals surface area contributed by atoms with Crippen LogP contribution in [0.15, 0.2) is 24.3 Å². The number of benzene rings is 1. The fraction of sp³-hybridized carbons (Fsp3) is 0.562. The van der Waals surface area contributed by atoms with E-state index >= 15 is 0 Å². The molecule has 1 aromatic carbocycles. The van der Waals surface area contributed by atoms with Crippen molar-refractivity contribution >= 4 is 15.9 Å². The molecule has 128 valence electrons. The second-order valence-corrected chi connectivity index (χ2v) is 7.65. The maximum atomic E-state index is 12.7. The van der Waals surface area contributed by atoms with Crippen LogP contribution in [0.4, 0.5) is 0 Å². The van der Waals surface area contributed by atoms with Crippen LogP contribution in [0.1, 0.15) is 30.1 Å². The minimum atomic E-state index is -3.21. The summed E-state index contributed by atoms with van der Waals surface area (Å²) in [7, 11) is -1.68. The van der Waals surface area contributed by atoms with E-state index < -0.39 is 10.0 Å². The van der Waals surface area contributed by atoms with Crippen molar-refractivity contribution in [1.29, 1.82) is 0 Å². The highest BCUT2D eigenvalue weighted by molar-refractivity contribution is 7.89. The lowest BCUT2D eigenvalue weighted by Gasteiger charge is -2.22. The number of rotatable bonds is 5. The largest absolute Gasteiger partial charge is 0.496 e. The summed E-state index contributed by atoms with van der Waals surface area (Å²) in [6.45, 7) is 3.63. The van der Waals surface area contributed by atoms with E-state index in [1.807, 2.05) is 13.0 Å². The SMILES string of the molecule is CCCS(=O)(=O)N1CCCN(C(=O)c2ccccc2OC)CC1. The summed E-state index contributed by atoms with van der Waals surface area (Å²) < 4.78 is 31.1. The van der Waals surface area contributed by atoms with E-state index in [4.69, 9.17) is 4.74 Å². The highest BCUT2D eigenvalue weighted by Gasteiger charge is 2.27. The van der Waals surface area contributed by atoms with Gasteiger partial charge in [0.2, 0.25) is 10.0 Å². The molecule has 0 saturated carbocycles. The van der Waals surface area contributed by atoms with Crippen molar-refractivity contribution in [3.63, 3.8) is 0 Å². The molecular weight excluding hydrogens is 316 g/mol. The predicted octanol–water partition coefficient (Wildman–Crippen LogP) is 1.58. The molecule has 0 bridgehead atoms. The summed E-state index contributed by atoms with van der Waals surface area (Å²) in [6, 6.07) is 7.10. The molecule has 0 unspecified atom stereocenters. The molecule has 0 radical (unpaired) electrons. The van der Waals surface area contributed by atoms with Crippen LogP contribution < -0.4 is 4.74 Å². The van der Waals surface area contributed by atoms with Crippen molar-refractivity contribution in [2.75, 3.05) is 39.0 Å². The third-order valence-electron chi connectivity index (χ3n) is 3.93. The lowest BCUT2D eigenvalue weighted by molar-refractivity contribution is 0.0761. The zero-order valence-electron chi connectivity index (χ0n) is 13.7. The number of ether oxygens (including phenoxy) is 1. The molecule has 1 aliphatic rings. The van der Waals surface area contributed by atoms with Gasteiger partial charge >= 0.3 is 0 Å². The Labute approximate surface area is 138 Å². The number of carbonyl (C=O) groups is 1. The molecule has 1 aromatic rings. The van der Waals surface area contributed by atoms with Crippen LogP contribution in [-0.4, -0.2) is 62.6 Å². The van der Waals surface area contributed by atoms with Crippen molar-refractivity contribution < 1.29 is 17.9 Å². The van der Waals surface area contributed by atoms with Crippen LogP contribution in [0.2, 0.25) is 0 Å². The van der Waals surface area contributed by atoms with Crippen molar-refractivity contribution in [2.24, 2.45) is 0 Å². The van der Waals surface area contributed by atoms with Crippen LogP contribution in [-0.2, 0) is 10.0 Å². The summed E-state index contributed by atoms with van der Waals surface area (Å²) >= 11 is 0. The third kappa shape index (κ3) is 4.23.